The van der Waals surface area contributed by atoms with E-state index in [1.807, 2.05) is 48.5 Å². The molecule has 1 N–H and O–H groups in total. The van der Waals surface area contributed by atoms with Gasteiger partial charge in [0.15, 0.2) is 6.10 Å². The van der Waals surface area contributed by atoms with Crippen molar-refractivity contribution in [3.8, 4) is 5.75 Å². The molecule has 1 amide bonds. The molecule has 0 aromatic heterocycles. The molecule has 0 spiro atoms. The Balaban J connectivity index is 1.80. The van der Waals surface area contributed by atoms with Crippen molar-refractivity contribution in [1.82, 2.24) is 5.32 Å². The van der Waals surface area contributed by atoms with Crippen molar-refractivity contribution in [1.29, 1.82) is 0 Å². The number of aryl methyl sites for hydroxylation is 1. The van der Waals surface area contributed by atoms with E-state index in [0.717, 1.165) is 34.7 Å². The molecule has 1 atom stereocenters. The summed E-state index contributed by atoms with van der Waals surface area (Å²) in [5.41, 5.74) is 2.22. The summed E-state index contributed by atoms with van der Waals surface area (Å²) in [4.78, 5) is 12.2. The molecule has 2 aromatic rings. The third-order valence-electron chi connectivity index (χ3n) is 4.09. The van der Waals surface area contributed by atoms with Crippen LogP contribution in [0.1, 0.15) is 44.2 Å². The van der Waals surface area contributed by atoms with Gasteiger partial charge in [0.05, 0.1) is 0 Å². The molecule has 0 aliphatic heterocycles. The summed E-state index contributed by atoms with van der Waals surface area (Å²) in [5.74, 6) is 1.02. The van der Waals surface area contributed by atoms with E-state index in [0.29, 0.717) is 12.5 Å². The fraction of sp³-hybridized carbons (Fsp3) is 0.381. The van der Waals surface area contributed by atoms with Crippen LogP contribution in [0, 0.1) is 0 Å². The minimum absolute atomic E-state index is 0.0993. The number of ether oxygens (including phenoxy) is 1. The number of carbonyl (C=O) groups excluding carboxylic acids is 1. The van der Waals surface area contributed by atoms with Gasteiger partial charge < -0.3 is 10.1 Å². The second-order valence-electron chi connectivity index (χ2n) is 6.44. The van der Waals surface area contributed by atoms with E-state index in [9.17, 15) is 4.79 Å². The molecular weight excluding hydrogens is 334 g/mol. The van der Waals surface area contributed by atoms with Gasteiger partial charge in [0, 0.05) is 11.6 Å². The number of amides is 1. The number of hydrogen-bond donors (Lipinski definition) is 1. The minimum Gasteiger partial charge on any atom is -0.481 e. The van der Waals surface area contributed by atoms with E-state index in [2.05, 4.69) is 19.2 Å². The van der Waals surface area contributed by atoms with Crippen LogP contribution in [0.3, 0.4) is 0 Å². The van der Waals surface area contributed by atoms with E-state index in [1.54, 1.807) is 6.92 Å². The summed E-state index contributed by atoms with van der Waals surface area (Å²) < 4.78 is 5.87. The van der Waals surface area contributed by atoms with Crippen molar-refractivity contribution < 1.29 is 9.53 Å². The first-order chi connectivity index (χ1) is 12.0. The van der Waals surface area contributed by atoms with Crippen LogP contribution in [0.25, 0.3) is 0 Å². The predicted octanol–water partition coefficient (Wildman–Crippen LogP) is 4.98. The molecule has 0 radical (unpaired) electrons. The zero-order valence-electron chi connectivity index (χ0n) is 15.1. The fourth-order valence-corrected chi connectivity index (χ4v) is 2.87. The highest BCUT2D eigenvalue weighted by molar-refractivity contribution is 6.31. The van der Waals surface area contributed by atoms with Crippen LogP contribution in [0.5, 0.6) is 5.75 Å². The largest absolute Gasteiger partial charge is 0.481 e. The van der Waals surface area contributed by atoms with Gasteiger partial charge in [-0.2, -0.15) is 0 Å². The fourth-order valence-electron chi connectivity index (χ4n) is 2.64. The Kier molecular flexibility index (Phi) is 7.32. The van der Waals surface area contributed by atoms with E-state index in [-0.39, 0.29) is 5.91 Å². The lowest BCUT2D eigenvalue weighted by Crippen LogP contribution is -2.37. The predicted molar refractivity (Wildman–Crippen MR) is 103 cm³/mol. The number of halogens is 1. The third-order valence-corrected chi connectivity index (χ3v) is 4.46. The van der Waals surface area contributed by atoms with Gasteiger partial charge in [-0.05, 0) is 48.9 Å². The number of carbonyl (C=O) groups is 1. The normalized spacial score (nSPS) is 12.0. The Morgan fingerprint density at radius 2 is 1.76 bits per heavy atom. The molecule has 0 aliphatic rings. The molecule has 0 unspecified atom stereocenters. The van der Waals surface area contributed by atoms with Crippen LogP contribution < -0.4 is 10.1 Å². The molecule has 0 aliphatic carbocycles. The van der Waals surface area contributed by atoms with Crippen LogP contribution in [-0.2, 0) is 11.2 Å². The Labute approximate surface area is 155 Å². The maximum atomic E-state index is 12.2. The number of benzene rings is 2. The lowest BCUT2D eigenvalue weighted by Gasteiger charge is -2.18. The summed E-state index contributed by atoms with van der Waals surface area (Å²) in [5, 5.41) is 3.71. The molecule has 0 heterocycles. The lowest BCUT2D eigenvalue weighted by atomic mass is 10.0. The van der Waals surface area contributed by atoms with E-state index in [1.165, 1.54) is 0 Å². The van der Waals surface area contributed by atoms with Gasteiger partial charge in [0.2, 0.25) is 0 Å². The monoisotopic (exact) mass is 359 g/mol. The first kappa shape index (κ1) is 19.3. The molecule has 2 rings (SSSR count). The Hall–Kier alpha value is -2.00. The number of para-hydroxylation sites is 1. The number of rotatable bonds is 8. The Bertz CT molecular complexity index is 700. The van der Waals surface area contributed by atoms with Crippen LogP contribution in [0.4, 0.5) is 0 Å². The van der Waals surface area contributed by atoms with Crippen LogP contribution >= 0.6 is 11.6 Å². The second-order valence-corrected chi connectivity index (χ2v) is 6.85. The van der Waals surface area contributed by atoms with Crippen molar-refractivity contribution in [2.45, 2.75) is 45.6 Å². The Morgan fingerprint density at radius 1 is 1.08 bits per heavy atom. The zero-order valence-corrected chi connectivity index (χ0v) is 15.8. The SMILES string of the molecule is CC(C)c1ccccc1O[C@@H](C)C(=O)NCCCc1ccccc1Cl. The molecule has 4 heteroatoms. The Morgan fingerprint density at radius 3 is 2.48 bits per heavy atom. The lowest BCUT2D eigenvalue weighted by molar-refractivity contribution is -0.127. The zero-order chi connectivity index (χ0) is 18.2. The van der Waals surface area contributed by atoms with Crippen molar-refractivity contribution in [3.05, 3.63) is 64.7 Å². The second kappa shape index (κ2) is 9.47. The smallest absolute Gasteiger partial charge is 0.260 e. The topological polar surface area (TPSA) is 38.3 Å². The van der Waals surface area contributed by atoms with Gasteiger partial charge in [-0.1, -0.05) is 61.8 Å². The molecule has 0 bridgehead atoms. The maximum Gasteiger partial charge on any atom is 0.260 e. The van der Waals surface area contributed by atoms with Crippen molar-refractivity contribution in [3.63, 3.8) is 0 Å². The highest BCUT2D eigenvalue weighted by Crippen LogP contribution is 2.26. The summed E-state index contributed by atoms with van der Waals surface area (Å²) in [6, 6.07) is 15.7. The molecule has 0 saturated carbocycles. The van der Waals surface area contributed by atoms with Crippen molar-refractivity contribution in [2.24, 2.45) is 0 Å². The maximum absolute atomic E-state index is 12.2. The van der Waals surface area contributed by atoms with Gasteiger partial charge in [0.1, 0.15) is 5.75 Å². The van der Waals surface area contributed by atoms with Crippen LogP contribution in [0.2, 0.25) is 5.02 Å². The first-order valence-electron chi connectivity index (χ1n) is 8.75. The molecule has 2 aromatic carbocycles. The molecule has 3 nitrogen and oxygen atoms in total. The average Bonchev–Trinajstić information content (AvgIpc) is 2.60. The van der Waals surface area contributed by atoms with Crippen molar-refractivity contribution >= 4 is 17.5 Å². The van der Waals surface area contributed by atoms with E-state index < -0.39 is 6.10 Å². The van der Waals surface area contributed by atoms with Crippen LogP contribution in [0.15, 0.2) is 48.5 Å². The van der Waals surface area contributed by atoms with E-state index >= 15 is 0 Å². The highest BCUT2D eigenvalue weighted by atomic mass is 35.5. The van der Waals surface area contributed by atoms with Gasteiger partial charge in [-0.15, -0.1) is 0 Å². The molecule has 0 fully saturated rings. The molecule has 134 valence electrons. The molecule has 0 saturated heterocycles. The summed E-state index contributed by atoms with van der Waals surface area (Å²) in [7, 11) is 0. The quantitative estimate of drug-likeness (QED) is 0.675. The van der Waals surface area contributed by atoms with Crippen LogP contribution in [-0.4, -0.2) is 18.6 Å². The minimum atomic E-state index is -0.528. The van der Waals surface area contributed by atoms with Crippen molar-refractivity contribution in [2.75, 3.05) is 6.54 Å². The highest BCUT2D eigenvalue weighted by Gasteiger charge is 2.16. The average molecular weight is 360 g/mol. The standard InChI is InChI=1S/C21H26ClNO2/c1-15(2)18-11-5-7-13-20(18)25-16(3)21(24)23-14-8-10-17-9-4-6-12-19(17)22/h4-7,9,11-13,15-16H,8,10,14H2,1-3H3,(H,23,24)/t16-/m0/s1. The summed E-state index contributed by atoms with van der Waals surface area (Å²) >= 11 is 6.14. The first-order valence-corrected chi connectivity index (χ1v) is 9.13. The van der Waals surface area contributed by atoms with Gasteiger partial charge in [0.25, 0.3) is 5.91 Å². The third kappa shape index (κ3) is 5.79. The summed E-state index contributed by atoms with van der Waals surface area (Å²) in [6.07, 6.45) is 1.15. The van der Waals surface area contributed by atoms with Gasteiger partial charge >= 0.3 is 0 Å². The van der Waals surface area contributed by atoms with Gasteiger partial charge in [-0.3, -0.25) is 4.79 Å². The molecular formula is C21H26ClNO2. The number of nitrogens with one attached hydrogen (secondary N) is 1. The molecule has 25 heavy (non-hydrogen) atoms. The number of hydrogen-bond acceptors (Lipinski definition) is 2. The van der Waals surface area contributed by atoms with Gasteiger partial charge in [-0.25, -0.2) is 0 Å². The summed E-state index contributed by atoms with van der Waals surface area (Å²) in [6.45, 7) is 6.60. The van der Waals surface area contributed by atoms with E-state index in [4.69, 9.17) is 16.3 Å².